The third-order valence-corrected chi connectivity index (χ3v) is 4.95. The lowest BCUT2D eigenvalue weighted by molar-refractivity contribution is -0.141. The zero-order valence-electron chi connectivity index (χ0n) is 16.9. The van der Waals surface area contributed by atoms with Gasteiger partial charge in [-0.05, 0) is 31.0 Å². The molecule has 10 heteroatoms. The predicted octanol–water partition coefficient (Wildman–Crippen LogP) is 4.35. The molecule has 1 aromatic heterocycles. The number of carboxylic acid groups (broad SMARTS) is 1. The van der Waals surface area contributed by atoms with Crippen molar-refractivity contribution in [3.05, 3.63) is 45.8 Å². The number of pyridine rings is 1. The Labute approximate surface area is 182 Å². The fourth-order valence-corrected chi connectivity index (χ4v) is 3.41. The van der Waals surface area contributed by atoms with E-state index >= 15 is 0 Å². The summed E-state index contributed by atoms with van der Waals surface area (Å²) in [4.78, 5) is 24.6. The summed E-state index contributed by atoms with van der Waals surface area (Å²) in [5.74, 6) is -1.27. The van der Waals surface area contributed by atoms with Crippen molar-refractivity contribution in [2.24, 2.45) is 0 Å². The van der Waals surface area contributed by atoms with Gasteiger partial charge in [0.2, 0.25) is 0 Å². The van der Waals surface area contributed by atoms with Crippen LogP contribution < -0.4 is 15.0 Å². The van der Waals surface area contributed by atoms with Crippen molar-refractivity contribution in [2.75, 3.05) is 13.7 Å². The zero-order chi connectivity index (χ0) is 23.0. The van der Waals surface area contributed by atoms with Gasteiger partial charge in [0.05, 0.1) is 13.3 Å². The summed E-state index contributed by atoms with van der Waals surface area (Å²) < 4.78 is 36.5. The highest BCUT2D eigenvalue weighted by molar-refractivity contribution is 6.31. The van der Waals surface area contributed by atoms with Crippen molar-refractivity contribution in [1.29, 1.82) is 0 Å². The minimum atomic E-state index is -3.09. The molecule has 0 saturated heterocycles. The minimum absolute atomic E-state index is 0.0707. The molecule has 1 heterocycles. The quantitative estimate of drug-likeness (QED) is 0.458. The van der Waals surface area contributed by atoms with Crippen LogP contribution in [0.1, 0.15) is 38.1 Å². The lowest BCUT2D eigenvalue weighted by Gasteiger charge is -2.19. The van der Waals surface area contributed by atoms with Gasteiger partial charge in [0.15, 0.2) is 0 Å². The number of aliphatic carboxylic acids is 1. The smallest absolute Gasteiger partial charge is 0.387 e. The van der Waals surface area contributed by atoms with E-state index in [1.807, 2.05) is 0 Å². The van der Waals surface area contributed by atoms with E-state index in [1.54, 1.807) is 0 Å². The number of carboxylic acids is 1. The summed E-state index contributed by atoms with van der Waals surface area (Å²) in [5, 5.41) is 18.7. The Hall–Kier alpha value is -2.65. The van der Waals surface area contributed by atoms with E-state index in [0.717, 1.165) is 17.1 Å². The number of aliphatic hydroxyl groups excluding tert-OH is 1. The number of benzene rings is 1. The van der Waals surface area contributed by atoms with Crippen LogP contribution in [0.25, 0.3) is 11.1 Å². The Morgan fingerprint density at radius 3 is 2.42 bits per heavy atom. The molecule has 31 heavy (non-hydrogen) atoms. The molecule has 0 spiro atoms. The van der Waals surface area contributed by atoms with Crippen LogP contribution in [0.3, 0.4) is 0 Å². The van der Waals surface area contributed by atoms with Crippen LogP contribution in [0, 0.1) is 0 Å². The number of hydrogen-bond acceptors (Lipinski definition) is 5. The van der Waals surface area contributed by atoms with E-state index in [0.29, 0.717) is 19.3 Å². The second-order valence-electron chi connectivity index (χ2n) is 6.80. The number of unbranched alkanes of at least 4 members (excludes halogenated alkanes) is 3. The topological polar surface area (TPSA) is 98.0 Å². The van der Waals surface area contributed by atoms with Crippen LogP contribution >= 0.6 is 11.6 Å². The van der Waals surface area contributed by atoms with Crippen LogP contribution in [-0.2, 0) is 4.79 Å². The van der Waals surface area contributed by atoms with Crippen molar-refractivity contribution < 1.29 is 33.3 Å². The summed E-state index contributed by atoms with van der Waals surface area (Å²) in [6, 6.07) is 3.97. The van der Waals surface area contributed by atoms with E-state index < -0.39 is 24.2 Å². The number of methoxy groups -OCH3 is 1. The Kier molecular flexibility index (Phi) is 9.26. The van der Waals surface area contributed by atoms with Gasteiger partial charge in [0, 0.05) is 28.8 Å². The number of hydrogen-bond donors (Lipinski definition) is 2. The first kappa shape index (κ1) is 24.6. The second kappa shape index (κ2) is 11.7. The number of carbonyl (C=O) groups is 1. The molecule has 2 N–H and O–H groups in total. The number of halogens is 3. The Balaban J connectivity index is 2.45. The third-order valence-electron chi connectivity index (χ3n) is 4.72. The molecule has 1 unspecified atom stereocenters. The maximum Gasteiger partial charge on any atom is 0.387 e. The molecular weight excluding hydrogens is 436 g/mol. The van der Waals surface area contributed by atoms with Crippen LogP contribution in [-0.4, -0.2) is 41.1 Å². The SMILES string of the molecule is COc1cn(C(CCCCCCO)C(=O)O)c(=O)cc1-c1cc(Cl)ccc1OC(F)F. The molecule has 1 atom stereocenters. The molecule has 0 aliphatic rings. The number of nitrogens with zero attached hydrogens (tertiary/aromatic N) is 1. The number of aliphatic hydroxyl groups is 1. The van der Waals surface area contributed by atoms with Crippen molar-refractivity contribution in [3.8, 4) is 22.6 Å². The van der Waals surface area contributed by atoms with Crippen molar-refractivity contribution >= 4 is 17.6 Å². The molecule has 7 nitrogen and oxygen atoms in total. The number of rotatable bonds is 12. The van der Waals surface area contributed by atoms with Gasteiger partial charge in [-0.1, -0.05) is 30.9 Å². The van der Waals surface area contributed by atoms with Gasteiger partial charge in [0.25, 0.3) is 5.56 Å². The summed E-state index contributed by atoms with van der Waals surface area (Å²) in [5.41, 5.74) is -0.375. The molecule has 2 aromatic rings. The molecule has 170 valence electrons. The molecule has 0 radical (unpaired) electrons. The average molecular weight is 460 g/mol. The first-order valence-electron chi connectivity index (χ1n) is 9.67. The Morgan fingerprint density at radius 1 is 1.13 bits per heavy atom. The molecule has 0 fully saturated rings. The zero-order valence-corrected chi connectivity index (χ0v) is 17.6. The first-order valence-corrected chi connectivity index (χ1v) is 10.0. The summed E-state index contributed by atoms with van der Waals surface area (Å²) in [6.45, 7) is -3.02. The second-order valence-corrected chi connectivity index (χ2v) is 7.24. The van der Waals surface area contributed by atoms with Crippen LogP contribution in [0.5, 0.6) is 11.5 Å². The van der Waals surface area contributed by atoms with Gasteiger partial charge in [0.1, 0.15) is 17.5 Å². The average Bonchev–Trinajstić information content (AvgIpc) is 2.71. The summed E-state index contributed by atoms with van der Waals surface area (Å²) >= 11 is 5.99. The van der Waals surface area contributed by atoms with Gasteiger partial charge < -0.3 is 19.7 Å². The molecule has 0 aliphatic carbocycles. The maximum absolute atomic E-state index is 12.8. The Bertz CT molecular complexity index is 950. The maximum atomic E-state index is 12.8. The lowest BCUT2D eigenvalue weighted by Crippen LogP contribution is -2.29. The van der Waals surface area contributed by atoms with Gasteiger partial charge >= 0.3 is 12.6 Å². The predicted molar refractivity (Wildman–Crippen MR) is 111 cm³/mol. The number of alkyl halides is 2. The third kappa shape index (κ3) is 6.67. The van der Waals surface area contributed by atoms with Crippen molar-refractivity contribution in [1.82, 2.24) is 4.57 Å². The van der Waals surface area contributed by atoms with Crippen LogP contribution in [0.15, 0.2) is 35.3 Å². The van der Waals surface area contributed by atoms with Gasteiger partial charge in [-0.2, -0.15) is 8.78 Å². The molecule has 2 rings (SSSR count). The van der Waals surface area contributed by atoms with E-state index in [4.69, 9.17) is 21.4 Å². The molecule has 1 aromatic carbocycles. The monoisotopic (exact) mass is 459 g/mol. The van der Waals surface area contributed by atoms with E-state index in [1.165, 1.54) is 31.5 Å². The fraction of sp³-hybridized carbons (Fsp3) is 0.429. The van der Waals surface area contributed by atoms with E-state index in [9.17, 15) is 23.5 Å². The highest BCUT2D eigenvalue weighted by Gasteiger charge is 2.23. The normalized spacial score (nSPS) is 12.1. The summed E-state index contributed by atoms with van der Waals surface area (Å²) in [6.07, 6.45) is 4.10. The largest absolute Gasteiger partial charge is 0.495 e. The molecule has 0 amide bonds. The van der Waals surface area contributed by atoms with Crippen molar-refractivity contribution in [3.63, 3.8) is 0 Å². The van der Waals surface area contributed by atoms with E-state index in [2.05, 4.69) is 4.74 Å². The van der Waals surface area contributed by atoms with Gasteiger partial charge in [-0.3, -0.25) is 9.36 Å². The highest BCUT2D eigenvalue weighted by atomic mass is 35.5. The standard InChI is InChI=1S/C21H24ClF2NO6/c1-30-18-12-25(16(20(28)29)6-4-2-3-5-9-26)19(27)11-15(18)14-10-13(22)7-8-17(14)31-21(23)24/h7-8,10-12,16,21,26H,2-6,9H2,1H3,(H,28,29). The molecule has 0 aliphatic heterocycles. The lowest BCUT2D eigenvalue weighted by atomic mass is 10.0. The van der Waals surface area contributed by atoms with E-state index in [-0.39, 0.29) is 40.7 Å². The first-order chi connectivity index (χ1) is 14.8. The molecule has 0 bridgehead atoms. The molecular formula is C21H24ClF2NO6. The van der Waals surface area contributed by atoms with Crippen molar-refractivity contribution in [2.45, 2.75) is 44.8 Å². The number of ether oxygens (including phenoxy) is 2. The number of aromatic nitrogens is 1. The van der Waals surface area contributed by atoms with Gasteiger partial charge in [-0.25, -0.2) is 4.79 Å². The Morgan fingerprint density at radius 2 is 1.81 bits per heavy atom. The summed E-state index contributed by atoms with van der Waals surface area (Å²) in [7, 11) is 1.32. The van der Waals surface area contributed by atoms with Gasteiger partial charge in [-0.15, -0.1) is 0 Å². The highest BCUT2D eigenvalue weighted by Crippen LogP contribution is 2.38. The van der Waals surface area contributed by atoms with Crippen LogP contribution in [0.2, 0.25) is 5.02 Å². The molecule has 0 saturated carbocycles. The minimum Gasteiger partial charge on any atom is -0.495 e. The van der Waals surface area contributed by atoms with Crippen LogP contribution in [0.4, 0.5) is 8.78 Å². The fourth-order valence-electron chi connectivity index (χ4n) is 3.24.